The third-order valence-electron chi connectivity index (χ3n) is 3.98. The molecule has 2 aromatic rings. The van der Waals surface area contributed by atoms with Crippen LogP contribution in [0.2, 0.25) is 0 Å². The molecule has 140 valence electrons. The normalized spacial score (nSPS) is 11.2. The van der Waals surface area contributed by atoms with Crippen molar-refractivity contribution < 1.29 is 17.9 Å². The summed E-state index contributed by atoms with van der Waals surface area (Å²) in [6, 6.07) is 15.8. The van der Waals surface area contributed by atoms with E-state index in [1.807, 2.05) is 24.3 Å². The Balaban J connectivity index is 1.89. The van der Waals surface area contributed by atoms with Crippen molar-refractivity contribution in [3.63, 3.8) is 0 Å². The van der Waals surface area contributed by atoms with Gasteiger partial charge in [-0.15, -0.1) is 0 Å². The number of nitrogens with one attached hydrogen (secondary N) is 1. The van der Waals surface area contributed by atoms with Crippen molar-refractivity contribution >= 4 is 15.9 Å². The van der Waals surface area contributed by atoms with Crippen molar-refractivity contribution in [2.75, 3.05) is 26.7 Å². The van der Waals surface area contributed by atoms with E-state index in [-0.39, 0.29) is 17.3 Å². The molecule has 0 radical (unpaired) electrons. The maximum Gasteiger partial charge on any atom is 0.240 e. The first kappa shape index (κ1) is 19.9. The van der Waals surface area contributed by atoms with Crippen molar-refractivity contribution in [1.29, 1.82) is 0 Å². The quantitative estimate of drug-likeness (QED) is 0.727. The van der Waals surface area contributed by atoms with E-state index in [0.29, 0.717) is 19.5 Å². The Kier molecular flexibility index (Phi) is 7.17. The Bertz CT molecular complexity index is 822. The summed E-state index contributed by atoms with van der Waals surface area (Å²) in [4.78, 5) is 13.7. The fourth-order valence-electron chi connectivity index (χ4n) is 2.52. The number of benzene rings is 2. The van der Waals surface area contributed by atoms with Crippen LogP contribution in [-0.4, -0.2) is 46.0 Å². The Labute approximate surface area is 154 Å². The second-order valence-electron chi connectivity index (χ2n) is 5.82. The summed E-state index contributed by atoms with van der Waals surface area (Å²) in [7, 11) is -1.95. The van der Waals surface area contributed by atoms with Crippen molar-refractivity contribution in [3.8, 4) is 5.75 Å². The summed E-state index contributed by atoms with van der Waals surface area (Å²) in [5.74, 6) is 0.680. The Morgan fingerprint density at radius 1 is 1.08 bits per heavy atom. The van der Waals surface area contributed by atoms with E-state index in [0.717, 1.165) is 11.3 Å². The lowest BCUT2D eigenvalue weighted by Gasteiger charge is -2.21. The molecule has 2 aromatic carbocycles. The van der Waals surface area contributed by atoms with Crippen LogP contribution in [0.5, 0.6) is 5.75 Å². The molecule has 0 aliphatic heterocycles. The monoisotopic (exact) mass is 376 g/mol. The van der Waals surface area contributed by atoms with E-state index in [2.05, 4.69) is 4.72 Å². The van der Waals surface area contributed by atoms with Crippen molar-refractivity contribution in [2.24, 2.45) is 0 Å². The molecule has 0 unspecified atom stereocenters. The fraction of sp³-hybridized carbons (Fsp3) is 0.316. The minimum absolute atomic E-state index is 0.0909. The van der Waals surface area contributed by atoms with Crippen molar-refractivity contribution in [1.82, 2.24) is 9.62 Å². The summed E-state index contributed by atoms with van der Waals surface area (Å²) in [5.41, 5.74) is 1.06. The molecule has 6 nitrogen and oxygen atoms in total. The van der Waals surface area contributed by atoms with Gasteiger partial charge in [0.05, 0.1) is 12.0 Å². The summed E-state index contributed by atoms with van der Waals surface area (Å²) in [6.45, 7) is 2.47. The molecule has 0 saturated heterocycles. The van der Waals surface area contributed by atoms with E-state index < -0.39 is 10.0 Å². The second kappa shape index (κ2) is 9.35. The molecular formula is C19H24N2O4S. The van der Waals surface area contributed by atoms with Crippen LogP contribution in [0.3, 0.4) is 0 Å². The van der Waals surface area contributed by atoms with Crippen molar-refractivity contribution in [3.05, 3.63) is 60.2 Å². The maximum absolute atomic E-state index is 12.2. The first-order valence-electron chi connectivity index (χ1n) is 8.35. The average Bonchev–Trinajstić information content (AvgIpc) is 2.65. The summed E-state index contributed by atoms with van der Waals surface area (Å²) < 4.78 is 32.1. The Morgan fingerprint density at radius 2 is 1.81 bits per heavy atom. The van der Waals surface area contributed by atoms with E-state index in [1.54, 1.807) is 30.2 Å². The molecule has 2 rings (SSSR count). The van der Waals surface area contributed by atoms with Gasteiger partial charge in [0, 0.05) is 26.6 Å². The number of carbonyl (C=O) groups is 1. The largest absolute Gasteiger partial charge is 0.497 e. The van der Waals surface area contributed by atoms with E-state index in [4.69, 9.17) is 4.74 Å². The molecule has 7 heteroatoms. The van der Waals surface area contributed by atoms with Crippen LogP contribution in [-0.2, 0) is 21.2 Å². The molecule has 0 bridgehead atoms. The van der Waals surface area contributed by atoms with Crippen LogP contribution < -0.4 is 9.46 Å². The van der Waals surface area contributed by atoms with Crippen LogP contribution >= 0.6 is 0 Å². The van der Waals surface area contributed by atoms with E-state index in [9.17, 15) is 13.2 Å². The highest BCUT2D eigenvalue weighted by Gasteiger charge is 2.14. The number of nitrogens with zero attached hydrogens (tertiary/aromatic N) is 1. The molecule has 1 N–H and O–H groups in total. The smallest absolute Gasteiger partial charge is 0.240 e. The molecule has 0 aromatic heterocycles. The zero-order valence-electron chi connectivity index (χ0n) is 15.0. The first-order chi connectivity index (χ1) is 12.4. The van der Waals surface area contributed by atoms with Crippen LogP contribution in [0.4, 0.5) is 0 Å². The summed E-state index contributed by atoms with van der Waals surface area (Å²) in [6.07, 6.45) is 0.669. The number of amides is 1. The lowest BCUT2D eigenvalue weighted by atomic mass is 10.1. The average molecular weight is 376 g/mol. The fourth-order valence-corrected chi connectivity index (χ4v) is 3.56. The van der Waals surface area contributed by atoms with Gasteiger partial charge in [0.2, 0.25) is 15.9 Å². The molecule has 1 amide bonds. The number of methoxy groups -OCH3 is 1. The molecule has 0 fully saturated rings. The molecule has 0 aliphatic rings. The molecule has 0 aliphatic carbocycles. The van der Waals surface area contributed by atoms with Gasteiger partial charge in [-0.2, -0.15) is 0 Å². The van der Waals surface area contributed by atoms with Gasteiger partial charge in [-0.05, 0) is 36.2 Å². The number of hydrogen-bond acceptors (Lipinski definition) is 4. The Hall–Kier alpha value is -2.38. The SMILES string of the molecule is COc1cccc(CCN(CCNS(=O)(=O)c2ccccc2)C(C)=O)c1. The third kappa shape index (κ3) is 5.86. The number of ether oxygens (including phenoxy) is 1. The molecule has 0 spiro atoms. The van der Waals surface area contributed by atoms with Crippen LogP contribution in [0.25, 0.3) is 0 Å². The molecule has 0 saturated carbocycles. The van der Waals surface area contributed by atoms with Crippen LogP contribution in [0.15, 0.2) is 59.5 Å². The summed E-state index contributed by atoms with van der Waals surface area (Å²) >= 11 is 0. The highest BCUT2D eigenvalue weighted by Crippen LogP contribution is 2.13. The number of rotatable bonds is 9. The zero-order chi connectivity index (χ0) is 19.0. The lowest BCUT2D eigenvalue weighted by Crippen LogP contribution is -2.38. The predicted molar refractivity (Wildman–Crippen MR) is 101 cm³/mol. The number of sulfonamides is 1. The number of carbonyl (C=O) groups excluding carboxylic acids is 1. The summed E-state index contributed by atoms with van der Waals surface area (Å²) in [5, 5.41) is 0. The van der Waals surface area contributed by atoms with Gasteiger partial charge in [0.25, 0.3) is 0 Å². The van der Waals surface area contributed by atoms with Gasteiger partial charge in [-0.1, -0.05) is 30.3 Å². The van der Waals surface area contributed by atoms with E-state index in [1.165, 1.54) is 19.1 Å². The van der Waals surface area contributed by atoms with Gasteiger partial charge in [0.15, 0.2) is 0 Å². The van der Waals surface area contributed by atoms with Gasteiger partial charge in [-0.3, -0.25) is 4.79 Å². The number of hydrogen-bond donors (Lipinski definition) is 1. The minimum Gasteiger partial charge on any atom is -0.497 e. The predicted octanol–water partition coefficient (Wildman–Crippen LogP) is 2.06. The minimum atomic E-state index is -3.56. The van der Waals surface area contributed by atoms with Crippen LogP contribution in [0.1, 0.15) is 12.5 Å². The highest BCUT2D eigenvalue weighted by molar-refractivity contribution is 7.89. The second-order valence-corrected chi connectivity index (χ2v) is 7.59. The first-order valence-corrected chi connectivity index (χ1v) is 9.84. The Morgan fingerprint density at radius 3 is 2.46 bits per heavy atom. The van der Waals surface area contributed by atoms with E-state index >= 15 is 0 Å². The highest BCUT2D eigenvalue weighted by atomic mass is 32.2. The van der Waals surface area contributed by atoms with Crippen molar-refractivity contribution in [2.45, 2.75) is 18.2 Å². The topological polar surface area (TPSA) is 75.7 Å². The maximum atomic E-state index is 12.2. The van der Waals surface area contributed by atoms with Gasteiger partial charge in [0.1, 0.15) is 5.75 Å². The van der Waals surface area contributed by atoms with Gasteiger partial charge < -0.3 is 9.64 Å². The standard InChI is InChI=1S/C19H24N2O4S/c1-16(22)21(13-11-17-7-6-8-18(15-17)25-2)14-12-20-26(23,24)19-9-4-3-5-10-19/h3-10,15,20H,11-14H2,1-2H3. The molecule has 26 heavy (non-hydrogen) atoms. The third-order valence-corrected chi connectivity index (χ3v) is 5.45. The molecule has 0 heterocycles. The molecule has 0 atom stereocenters. The zero-order valence-corrected chi connectivity index (χ0v) is 15.8. The van der Waals surface area contributed by atoms with Gasteiger partial charge in [-0.25, -0.2) is 13.1 Å². The van der Waals surface area contributed by atoms with Crippen LogP contribution in [0, 0.1) is 0 Å². The lowest BCUT2D eigenvalue weighted by molar-refractivity contribution is -0.128. The molecular weight excluding hydrogens is 352 g/mol. The van der Waals surface area contributed by atoms with Gasteiger partial charge >= 0.3 is 0 Å².